The molecule has 0 unspecified atom stereocenters. The number of ether oxygens (including phenoxy) is 1. The number of hydrogen-bond donors (Lipinski definition) is 2. The van der Waals surface area contributed by atoms with Gasteiger partial charge in [0.15, 0.2) is 5.75 Å². The monoisotopic (exact) mass is 379 g/mol. The molecule has 0 saturated heterocycles. The fraction of sp³-hybridized carbons (Fsp3) is 0.316. The van der Waals surface area contributed by atoms with Crippen LogP contribution in [0.3, 0.4) is 0 Å². The number of rotatable bonds is 8. The van der Waals surface area contributed by atoms with Crippen LogP contribution < -0.4 is 10.1 Å². The zero-order valence-corrected chi connectivity index (χ0v) is 15.1. The molecule has 0 aromatic heterocycles. The molecule has 1 fully saturated rings. The van der Waals surface area contributed by atoms with Crippen molar-refractivity contribution in [3.05, 3.63) is 57.6 Å². The summed E-state index contributed by atoms with van der Waals surface area (Å²) in [6, 6.07) is 12.1. The van der Waals surface area contributed by atoms with Crippen molar-refractivity contribution in [1.29, 1.82) is 0 Å². The van der Waals surface area contributed by atoms with Gasteiger partial charge < -0.3 is 15.2 Å². The van der Waals surface area contributed by atoms with Gasteiger partial charge in [-0.3, -0.25) is 4.79 Å². The van der Waals surface area contributed by atoms with Crippen LogP contribution in [-0.4, -0.2) is 17.1 Å². The van der Waals surface area contributed by atoms with Crippen LogP contribution in [0.15, 0.2) is 36.4 Å². The van der Waals surface area contributed by atoms with E-state index in [4.69, 9.17) is 33.0 Å². The summed E-state index contributed by atoms with van der Waals surface area (Å²) >= 11 is 12.5. The lowest BCUT2D eigenvalue weighted by molar-refractivity contribution is -0.136. The number of benzene rings is 2. The van der Waals surface area contributed by atoms with Crippen LogP contribution in [0.1, 0.15) is 30.4 Å². The minimum absolute atomic E-state index is 0.0354. The van der Waals surface area contributed by atoms with E-state index in [-0.39, 0.29) is 6.42 Å². The second kappa shape index (κ2) is 7.98. The Kier molecular flexibility index (Phi) is 5.71. The van der Waals surface area contributed by atoms with Gasteiger partial charge >= 0.3 is 5.97 Å². The van der Waals surface area contributed by atoms with Crippen LogP contribution in [0.25, 0.3) is 0 Å². The van der Waals surface area contributed by atoms with Gasteiger partial charge in [-0.25, -0.2) is 0 Å². The van der Waals surface area contributed by atoms with Crippen molar-refractivity contribution in [2.45, 2.75) is 38.3 Å². The second-order valence-electron chi connectivity index (χ2n) is 6.19. The van der Waals surface area contributed by atoms with Gasteiger partial charge in [-0.05, 0) is 54.7 Å². The Bertz CT molecular complexity index is 752. The summed E-state index contributed by atoms with van der Waals surface area (Å²) in [5.41, 5.74) is 2.89. The average Bonchev–Trinajstić information content (AvgIpc) is 3.36. The van der Waals surface area contributed by atoms with Gasteiger partial charge in [0.1, 0.15) is 6.61 Å². The summed E-state index contributed by atoms with van der Waals surface area (Å²) in [6.07, 6.45) is 2.86. The van der Waals surface area contributed by atoms with Crippen molar-refractivity contribution < 1.29 is 14.6 Å². The second-order valence-corrected chi connectivity index (χ2v) is 7.00. The van der Waals surface area contributed by atoms with E-state index in [9.17, 15) is 4.79 Å². The molecule has 0 spiro atoms. The number of carbonyl (C=O) groups is 1. The lowest BCUT2D eigenvalue weighted by Crippen LogP contribution is -2.03. The van der Waals surface area contributed by atoms with Gasteiger partial charge in [-0.15, -0.1) is 0 Å². The van der Waals surface area contributed by atoms with E-state index in [0.29, 0.717) is 34.9 Å². The van der Waals surface area contributed by atoms with E-state index in [1.165, 1.54) is 12.8 Å². The first-order valence-electron chi connectivity index (χ1n) is 8.19. The number of anilines is 1. The molecule has 25 heavy (non-hydrogen) atoms. The smallest absolute Gasteiger partial charge is 0.303 e. The Morgan fingerprint density at radius 2 is 1.88 bits per heavy atom. The third-order valence-corrected chi connectivity index (χ3v) is 4.51. The molecule has 2 aromatic rings. The highest BCUT2D eigenvalue weighted by Gasteiger charge is 2.20. The number of carboxylic acid groups (broad SMARTS) is 1. The molecule has 0 heterocycles. The SMILES string of the molecule is O=C(O)CCc1cc(Cl)c(OCc2cccc(NC3CC3)c2)c(Cl)c1. The molecule has 6 heteroatoms. The third-order valence-electron chi connectivity index (χ3n) is 3.94. The van der Waals surface area contributed by atoms with Crippen molar-refractivity contribution in [2.75, 3.05) is 5.32 Å². The molecule has 0 amide bonds. The molecule has 2 N–H and O–H groups in total. The predicted octanol–water partition coefficient (Wildman–Crippen LogP) is 5.16. The number of aliphatic carboxylic acids is 1. The van der Waals surface area contributed by atoms with Crippen LogP contribution in [0.4, 0.5) is 5.69 Å². The van der Waals surface area contributed by atoms with E-state index in [1.807, 2.05) is 18.2 Å². The summed E-state index contributed by atoms with van der Waals surface area (Å²) in [6.45, 7) is 0.355. The van der Waals surface area contributed by atoms with Gasteiger partial charge in [-0.1, -0.05) is 35.3 Å². The standard InChI is InChI=1S/C19H19Cl2NO3/c20-16-9-12(4-7-18(23)24)10-17(21)19(16)25-11-13-2-1-3-15(8-13)22-14-5-6-14/h1-3,8-10,14,22H,4-7,11H2,(H,23,24). The molecule has 2 aromatic carbocycles. The summed E-state index contributed by atoms with van der Waals surface area (Å²) in [4.78, 5) is 10.7. The summed E-state index contributed by atoms with van der Waals surface area (Å²) < 4.78 is 5.80. The Hall–Kier alpha value is -1.91. The summed E-state index contributed by atoms with van der Waals surface area (Å²) in [7, 11) is 0. The third kappa shape index (κ3) is 5.28. The van der Waals surface area contributed by atoms with Crippen LogP contribution in [-0.2, 0) is 17.8 Å². The van der Waals surface area contributed by atoms with Crippen LogP contribution in [0.5, 0.6) is 5.75 Å². The number of carboxylic acids is 1. The van der Waals surface area contributed by atoms with Crippen LogP contribution in [0, 0.1) is 0 Å². The van der Waals surface area contributed by atoms with E-state index in [2.05, 4.69) is 11.4 Å². The Morgan fingerprint density at radius 1 is 1.16 bits per heavy atom. The maximum atomic E-state index is 10.7. The Morgan fingerprint density at radius 3 is 2.52 bits per heavy atom. The highest BCUT2D eigenvalue weighted by atomic mass is 35.5. The molecule has 1 aliphatic carbocycles. The largest absolute Gasteiger partial charge is 0.486 e. The zero-order valence-electron chi connectivity index (χ0n) is 13.6. The first-order valence-corrected chi connectivity index (χ1v) is 8.95. The molecular formula is C19H19Cl2NO3. The predicted molar refractivity (Wildman–Crippen MR) is 99.8 cm³/mol. The molecule has 3 rings (SSSR count). The number of halogens is 2. The molecule has 0 aliphatic heterocycles. The van der Waals surface area contributed by atoms with Crippen molar-refractivity contribution in [1.82, 2.24) is 0 Å². The number of nitrogens with one attached hydrogen (secondary N) is 1. The zero-order chi connectivity index (χ0) is 17.8. The highest BCUT2D eigenvalue weighted by molar-refractivity contribution is 6.37. The average molecular weight is 380 g/mol. The topological polar surface area (TPSA) is 58.6 Å². The van der Waals surface area contributed by atoms with Crippen molar-refractivity contribution in [3.63, 3.8) is 0 Å². The first kappa shape index (κ1) is 17.9. The van der Waals surface area contributed by atoms with Crippen molar-refractivity contribution in [3.8, 4) is 5.75 Å². The summed E-state index contributed by atoms with van der Waals surface area (Å²) in [5.74, 6) is -0.435. The normalized spacial score (nSPS) is 13.5. The highest BCUT2D eigenvalue weighted by Crippen LogP contribution is 2.35. The molecule has 132 valence electrons. The van der Waals surface area contributed by atoms with E-state index in [1.54, 1.807) is 12.1 Å². The van der Waals surface area contributed by atoms with Crippen LogP contribution >= 0.6 is 23.2 Å². The van der Waals surface area contributed by atoms with Crippen molar-refractivity contribution >= 4 is 34.9 Å². The Labute approximate surface area is 156 Å². The minimum atomic E-state index is -0.854. The quantitative estimate of drug-likeness (QED) is 0.664. The van der Waals surface area contributed by atoms with E-state index < -0.39 is 5.97 Å². The summed E-state index contributed by atoms with van der Waals surface area (Å²) in [5, 5.41) is 13.0. The molecular weight excluding hydrogens is 361 g/mol. The van der Waals surface area contributed by atoms with Gasteiger partial charge in [0, 0.05) is 18.2 Å². The molecule has 0 radical (unpaired) electrons. The Balaban J connectivity index is 1.65. The lowest BCUT2D eigenvalue weighted by atomic mass is 10.1. The molecule has 1 aliphatic rings. The van der Waals surface area contributed by atoms with Crippen molar-refractivity contribution in [2.24, 2.45) is 0 Å². The maximum Gasteiger partial charge on any atom is 0.303 e. The lowest BCUT2D eigenvalue weighted by Gasteiger charge is -2.13. The van der Waals surface area contributed by atoms with Gasteiger partial charge in [0.25, 0.3) is 0 Å². The van der Waals surface area contributed by atoms with Gasteiger partial charge in [0.05, 0.1) is 10.0 Å². The molecule has 1 saturated carbocycles. The van der Waals surface area contributed by atoms with E-state index >= 15 is 0 Å². The van der Waals surface area contributed by atoms with E-state index in [0.717, 1.165) is 16.8 Å². The fourth-order valence-corrected chi connectivity index (χ4v) is 3.16. The molecule has 0 bridgehead atoms. The fourth-order valence-electron chi connectivity index (χ4n) is 2.52. The van der Waals surface area contributed by atoms with Gasteiger partial charge in [-0.2, -0.15) is 0 Å². The molecule has 0 atom stereocenters. The minimum Gasteiger partial charge on any atom is -0.486 e. The number of hydrogen-bond acceptors (Lipinski definition) is 3. The molecule has 4 nitrogen and oxygen atoms in total. The van der Waals surface area contributed by atoms with Gasteiger partial charge in [0.2, 0.25) is 0 Å². The van der Waals surface area contributed by atoms with Crippen LogP contribution in [0.2, 0.25) is 10.0 Å². The number of aryl methyl sites for hydroxylation is 1. The first-order chi connectivity index (χ1) is 12.0. The maximum absolute atomic E-state index is 10.7.